The number of nitrogens with two attached hydrogens (primary N) is 1. The molecule has 0 saturated heterocycles. The average Bonchev–Trinajstić information content (AvgIpc) is 2.28. The molecule has 1 heterocycles. The summed E-state index contributed by atoms with van der Waals surface area (Å²) < 4.78 is 0. The van der Waals surface area contributed by atoms with E-state index in [1.807, 2.05) is 24.3 Å². The van der Waals surface area contributed by atoms with Crippen molar-refractivity contribution < 1.29 is 4.79 Å². The minimum absolute atomic E-state index is 0.122. The van der Waals surface area contributed by atoms with Gasteiger partial charge in [-0.25, -0.2) is 9.97 Å². The lowest BCUT2D eigenvalue weighted by Crippen LogP contribution is -2.45. The van der Waals surface area contributed by atoms with Crippen LogP contribution in [0.4, 0.5) is 5.82 Å². The van der Waals surface area contributed by atoms with Crippen molar-refractivity contribution in [3.63, 3.8) is 0 Å². The van der Waals surface area contributed by atoms with E-state index in [9.17, 15) is 4.79 Å². The summed E-state index contributed by atoms with van der Waals surface area (Å²) >= 11 is 5.85. The molecule has 0 unspecified atom stereocenters. The highest BCUT2D eigenvalue weighted by Crippen LogP contribution is 2.24. The third kappa shape index (κ3) is 2.36. The number of nitrogens with zero attached hydrogens (tertiary/aromatic N) is 2. The molecule has 0 spiro atoms. The zero-order valence-corrected chi connectivity index (χ0v) is 10.8. The Kier molecular flexibility index (Phi) is 3.09. The minimum Gasteiger partial charge on any atom is -0.368 e. The van der Waals surface area contributed by atoms with Crippen LogP contribution in [-0.2, 0) is 4.79 Å². The molecule has 0 fully saturated rings. The van der Waals surface area contributed by atoms with E-state index in [2.05, 4.69) is 15.3 Å². The molecule has 1 amide bonds. The molecular weight excluding hydrogens is 252 g/mol. The maximum absolute atomic E-state index is 11.3. The van der Waals surface area contributed by atoms with E-state index in [4.69, 9.17) is 17.3 Å². The number of primary amides is 1. The summed E-state index contributed by atoms with van der Waals surface area (Å²) in [6.07, 6.45) is 0. The Morgan fingerprint density at radius 1 is 1.33 bits per heavy atom. The van der Waals surface area contributed by atoms with Gasteiger partial charge >= 0.3 is 0 Å². The molecule has 0 bridgehead atoms. The molecule has 5 nitrogen and oxygen atoms in total. The number of carbonyl (C=O) groups is 1. The van der Waals surface area contributed by atoms with E-state index in [0.717, 1.165) is 5.39 Å². The smallest absolute Gasteiger partial charge is 0.242 e. The minimum atomic E-state index is -0.916. The summed E-state index contributed by atoms with van der Waals surface area (Å²) in [5.41, 5.74) is 5.11. The van der Waals surface area contributed by atoms with E-state index < -0.39 is 11.4 Å². The first kappa shape index (κ1) is 12.6. The van der Waals surface area contributed by atoms with E-state index in [0.29, 0.717) is 11.3 Å². The molecule has 94 valence electrons. The molecule has 1 aromatic heterocycles. The number of anilines is 1. The second kappa shape index (κ2) is 4.42. The Balaban J connectivity index is 2.54. The lowest BCUT2D eigenvalue weighted by molar-refractivity contribution is -0.121. The first-order valence-electron chi connectivity index (χ1n) is 5.40. The molecule has 0 aliphatic rings. The van der Waals surface area contributed by atoms with Gasteiger partial charge in [0, 0.05) is 5.39 Å². The third-order valence-corrected chi connectivity index (χ3v) is 2.79. The predicted molar refractivity (Wildman–Crippen MR) is 71.4 cm³/mol. The normalized spacial score (nSPS) is 11.5. The average molecular weight is 265 g/mol. The lowest BCUT2D eigenvalue weighted by atomic mass is 10.0. The summed E-state index contributed by atoms with van der Waals surface area (Å²) in [4.78, 5) is 19.5. The number of amides is 1. The van der Waals surface area contributed by atoms with Gasteiger partial charge in [-0.2, -0.15) is 0 Å². The molecule has 0 aliphatic carbocycles. The summed E-state index contributed by atoms with van der Waals surface area (Å²) in [5.74, 6) is 0.0238. The highest BCUT2D eigenvalue weighted by atomic mass is 35.5. The molecule has 0 radical (unpaired) electrons. The second-order valence-electron chi connectivity index (χ2n) is 4.47. The van der Waals surface area contributed by atoms with Crippen molar-refractivity contribution >= 4 is 34.2 Å². The summed E-state index contributed by atoms with van der Waals surface area (Å²) in [6.45, 7) is 3.36. The van der Waals surface area contributed by atoms with Crippen molar-refractivity contribution in [2.75, 3.05) is 5.32 Å². The van der Waals surface area contributed by atoms with Crippen LogP contribution in [0.3, 0.4) is 0 Å². The van der Waals surface area contributed by atoms with Crippen molar-refractivity contribution in [1.82, 2.24) is 9.97 Å². The fraction of sp³-hybridized carbons (Fsp3) is 0.250. The van der Waals surface area contributed by atoms with Crippen molar-refractivity contribution in [2.45, 2.75) is 19.4 Å². The van der Waals surface area contributed by atoms with Crippen molar-refractivity contribution in [2.24, 2.45) is 5.73 Å². The van der Waals surface area contributed by atoms with Crippen molar-refractivity contribution in [3.8, 4) is 0 Å². The first-order chi connectivity index (χ1) is 8.40. The summed E-state index contributed by atoms with van der Waals surface area (Å²) in [6, 6.07) is 7.40. The number of carbonyl (C=O) groups excluding carboxylic acids is 1. The number of para-hydroxylation sites is 1. The molecule has 2 aromatic rings. The van der Waals surface area contributed by atoms with Gasteiger partial charge in [-0.05, 0) is 37.6 Å². The number of rotatable bonds is 3. The Labute approximate surface area is 109 Å². The molecular formula is C12H13ClN4O. The number of hydrogen-bond donors (Lipinski definition) is 2. The summed E-state index contributed by atoms with van der Waals surface area (Å²) in [7, 11) is 0. The van der Waals surface area contributed by atoms with Gasteiger partial charge in [-0.15, -0.1) is 0 Å². The number of benzene rings is 1. The van der Waals surface area contributed by atoms with Crippen LogP contribution < -0.4 is 11.1 Å². The quantitative estimate of drug-likeness (QED) is 0.831. The molecule has 1 aromatic carbocycles. The van der Waals surface area contributed by atoms with Crippen molar-refractivity contribution in [3.05, 3.63) is 29.5 Å². The molecule has 3 N–H and O–H groups in total. The highest BCUT2D eigenvalue weighted by molar-refractivity contribution is 6.28. The predicted octanol–water partition coefficient (Wildman–Crippen LogP) is 1.96. The van der Waals surface area contributed by atoms with Crippen LogP contribution in [0.5, 0.6) is 0 Å². The van der Waals surface area contributed by atoms with Gasteiger partial charge in [0.15, 0.2) is 0 Å². The molecule has 6 heteroatoms. The lowest BCUT2D eigenvalue weighted by Gasteiger charge is -2.23. The van der Waals surface area contributed by atoms with Gasteiger partial charge in [0.25, 0.3) is 0 Å². The fourth-order valence-electron chi connectivity index (χ4n) is 1.50. The van der Waals surface area contributed by atoms with Gasteiger partial charge in [-0.1, -0.05) is 12.1 Å². The first-order valence-corrected chi connectivity index (χ1v) is 5.78. The fourth-order valence-corrected chi connectivity index (χ4v) is 1.68. The third-order valence-electron chi connectivity index (χ3n) is 2.62. The van der Waals surface area contributed by atoms with Gasteiger partial charge in [0.1, 0.15) is 11.4 Å². The largest absolute Gasteiger partial charge is 0.368 e. The van der Waals surface area contributed by atoms with Crippen LogP contribution in [-0.4, -0.2) is 21.4 Å². The number of halogens is 1. The highest BCUT2D eigenvalue weighted by Gasteiger charge is 2.26. The molecule has 0 aliphatic heterocycles. The zero-order valence-electron chi connectivity index (χ0n) is 10.1. The number of fused-ring (bicyclic) bond motifs is 1. The van der Waals surface area contributed by atoms with E-state index in [1.165, 1.54) is 0 Å². The molecule has 2 rings (SSSR count). The van der Waals surface area contributed by atoms with E-state index in [-0.39, 0.29) is 5.28 Å². The van der Waals surface area contributed by atoms with Crippen LogP contribution in [0.25, 0.3) is 10.9 Å². The van der Waals surface area contributed by atoms with Gasteiger partial charge in [0.05, 0.1) is 5.52 Å². The second-order valence-corrected chi connectivity index (χ2v) is 4.81. The number of hydrogen-bond acceptors (Lipinski definition) is 4. The van der Waals surface area contributed by atoms with Crippen LogP contribution in [0, 0.1) is 0 Å². The topological polar surface area (TPSA) is 80.9 Å². The van der Waals surface area contributed by atoms with Crippen LogP contribution >= 0.6 is 11.6 Å². The molecule has 0 saturated carbocycles. The van der Waals surface area contributed by atoms with Gasteiger partial charge in [-0.3, -0.25) is 4.79 Å². The zero-order chi connectivity index (χ0) is 13.3. The van der Waals surface area contributed by atoms with E-state index in [1.54, 1.807) is 13.8 Å². The van der Waals surface area contributed by atoms with Crippen LogP contribution in [0.1, 0.15) is 13.8 Å². The van der Waals surface area contributed by atoms with Crippen molar-refractivity contribution in [1.29, 1.82) is 0 Å². The maximum atomic E-state index is 11.3. The Hall–Kier alpha value is -1.88. The monoisotopic (exact) mass is 264 g/mol. The molecule has 18 heavy (non-hydrogen) atoms. The summed E-state index contributed by atoms with van der Waals surface area (Å²) in [5, 5.41) is 3.90. The van der Waals surface area contributed by atoms with Gasteiger partial charge < -0.3 is 11.1 Å². The number of nitrogens with one attached hydrogen (secondary N) is 1. The van der Waals surface area contributed by atoms with E-state index >= 15 is 0 Å². The number of aromatic nitrogens is 2. The maximum Gasteiger partial charge on any atom is 0.242 e. The standard InChI is InChI=1S/C12H13ClN4O/c1-12(2,10(14)18)17-9-7-5-3-4-6-8(7)15-11(13)16-9/h3-6H,1-2H3,(H2,14,18)(H,15,16,17). The Morgan fingerprint density at radius 2 is 2.00 bits per heavy atom. The SMILES string of the molecule is CC(C)(Nc1nc(Cl)nc2ccccc12)C(N)=O. The van der Waals surface area contributed by atoms with Crippen LogP contribution in [0.2, 0.25) is 5.28 Å². The Bertz CT molecular complexity index is 612. The molecule has 0 atom stereocenters. The Morgan fingerprint density at radius 3 is 2.67 bits per heavy atom. The van der Waals surface area contributed by atoms with Gasteiger partial charge in [0.2, 0.25) is 11.2 Å². The van der Waals surface area contributed by atoms with Crippen LogP contribution in [0.15, 0.2) is 24.3 Å².